The molecule has 2 heterocycles. The Bertz CT molecular complexity index is 619. The smallest absolute Gasteiger partial charge is 0.310 e. The number of aliphatic imine (C=N–C) groups is 1. The highest BCUT2D eigenvalue weighted by Gasteiger charge is 2.28. The summed E-state index contributed by atoms with van der Waals surface area (Å²) in [4.78, 5) is 19.1. The Balaban J connectivity index is 0.00000392. The summed E-state index contributed by atoms with van der Waals surface area (Å²) in [7, 11) is 0. The van der Waals surface area contributed by atoms with Crippen LogP contribution >= 0.6 is 24.0 Å². The summed E-state index contributed by atoms with van der Waals surface area (Å²) in [5.41, 5.74) is 0. The summed E-state index contributed by atoms with van der Waals surface area (Å²) in [6.07, 6.45) is 4.48. The van der Waals surface area contributed by atoms with Crippen LogP contribution in [-0.4, -0.2) is 64.4 Å². The second-order valence-electron chi connectivity index (χ2n) is 7.32. The van der Waals surface area contributed by atoms with E-state index in [1.54, 1.807) is 6.33 Å². The normalized spacial score (nSPS) is 17.4. The topological polar surface area (TPSA) is 84.6 Å². The molecule has 8 nitrogen and oxygen atoms in total. The molecule has 1 aliphatic rings. The van der Waals surface area contributed by atoms with Crippen LogP contribution in [0.5, 0.6) is 0 Å². The minimum absolute atomic E-state index is 0. The third-order valence-corrected chi connectivity index (χ3v) is 4.59. The van der Waals surface area contributed by atoms with Crippen molar-refractivity contribution in [3.8, 4) is 0 Å². The number of hydrogen-bond acceptors (Lipinski definition) is 5. The van der Waals surface area contributed by atoms with Crippen molar-refractivity contribution in [3.05, 3.63) is 12.2 Å². The van der Waals surface area contributed by atoms with Crippen LogP contribution < -0.4 is 5.32 Å². The molecule has 0 amide bonds. The molecule has 1 saturated heterocycles. The molecule has 0 radical (unpaired) electrons. The van der Waals surface area contributed by atoms with Crippen LogP contribution in [0.25, 0.3) is 0 Å². The Kier molecular flexibility index (Phi) is 11.4. The van der Waals surface area contributed by atoms with Crippen LogP contribution in [0.15, 0.2) is 11.3 Å². The molecule has 1 N–H and O–H groups in total. The quantitative estimate of drug-likeness (QED) is 0.252. The Morgan fingerprint density at radius 3 is 2.89 bits per heavy atom. The molecule has 160 valence electrons. The zero-order valence-corrected chi connectivity index (χ0v) is 19.9. The van der Waals surface area contributed by atoms with E-state index in [1.807, 2.05) is 6.92 Å². The fraction of sp³-hybridized carbons (Fsp3) is 0.789. The van der Waals surface area contributed by atoms with E-state index < -0.39 is 0 Å². The molecule has 1 aromatic rings. The van der Waals surface area contributed by atoms with Gasteiger partial charge in [-0.15, -0.1) is 34.2 Å². The van der Waals surface area contributed by atoms with Crippen LogP contribution in [0.3, 0.4) is 0 Å². The van der Waals surface area contributed by atoms with Crippen molar-refractivity contribution in [2.24, 2.45) is 16.8 Å². The molecule has 0 aromatic carbocycles. The maximum absolute atomic E-state index is 12.1. The lowest BCUT2D eigenvalue weighted by Gasteiger charge is -2.34. The first-order valence-electron chi connectivity index (χ1n) is 10.1. The molecule has 1 aliphatic heterocycles. The van der Waals surface area contributed by atoms with Gasteiger partial charge in [0.25, 0.3) is 0 Å². The summed E-state index contributed by atoms with van der Waals surface area (Å²) in [6, 6.07) is 0. The molecular formula is C19H35IN6O2. The first-order valence-corrected chi connectivity index (χ1v) is 10.1. The van der Waals surface area contributed by atoms with Gasteiger partial charge in [0, 0.05) is 39.1 Å². The van der Waals surface area contributed by atoms with Crippen molar-refractivity contribution in [2.75, 3.05) is 32.8 Å². The monoisotopic (exact) mass is 506 g/mol. The van der Waals surface area contributed by atoms with Gasteiger partial charge >= 0.3 is 5.97 Å². The van der Waals surface area contributed by atoms with E-state index in [-0.39, 0.29) is 35.9 Å². The number of likely N-dealkylation sites (tertiary alicyclic amines) is 1. The van der Waals surface area contributed by atoms with Gasteiger partial charge in [0.15, 0.2) is 5.96 Å². The van der Waals surface area contributed by atoms with Gasteiger partial charge in [0.1, 0.15) is 12.2 Å². The molecular weight excluding hydrogens is 471 g/mol. The Labute approximate surface area is 185 Å². The van der Waals surface area contributed by atoms with Gasteiger partial charge in [-0.25, -0.2) is 0 Å². The fourth-order valence-corrected chi connectivity index (χ4v) is 3.19. The summed E-state index contributed by atoms with van der Waals surface area (Å²) in [6.45, 7) is 12.5. The summed E-state index contributed by atoms with van der Waals surface area (Å²) in [5.74, 6) is 2.18. The van der Waals surface area contributed by atoms with Gasteiger partial charge in [-0.1, -0.05) is 20.8 Å². The number of aryl methyl sites for hydroxylation is 1. The molecule has 1 fully saturated rings. The first-order chi connectivity index (χ1) is 13.0. The molecule has 2 rings (SSSR count). The fourth-order valence-electron chi connectivity index (χ4n) is 3.19. The van der Waals surface area contributed by atoms with E-state index in [2.05, 4.69) is 45.8 Å². The molecule has 0 bridgehead atoms. The zero-order chi connectivity index (χ0) is 19.6. The maximum atomic E-state index is 12.1. The largest absolute Gasteiger partial charge is 0.466 e. The number of carbonyl (C=O) groups excluding carboxylic acids is 1. The summed E-state index contributed by atoms with van der Waals surface area (Å²) >= 11 is 0. The lowest BCUT2D eigenvalue weighted by atomic mass is 9.98. The van der Waals surface area contributed by atoms with Gasteiger partial charge in [-0.3, -0.25) is 9.79 Å². The van der Waals surface area contributed by atoms with Crippen molar-refractivity contribution in [1.82, 2.24) is 25.0 Å². The Morgan fingerprint density at radius 2 is 2.21 bits per heavy atom. The second-order valence-corrected chi connectivity index (χ2v) is 7.32. The Hall–Kier alpha value is -1.39. The second kappa shape index (κ2) is 12.9. The minimum Gasteiger partial charge on any atom is -0.466 e. The van der Waals surface area contributed by atoms with Crippen LogP contribution in [-0.2, 0) is 22.5 Å². The Morgan fingerprint density at radius 1 is 1.43 bits per heavy atom. The van der Waals surface area contributed by atoms with E-state index in [0.29, 0.717) is 19.1 Å². The maximum Gasteiger partial charge on any atom is 0.310 e. The van der Waals surface area contributed by atoms with E-state index in [0.717, 1.165) is 57.2 Å². The molecule has 9 heteroatoms. The van der Waals surface area contributed by atoms with Gasteiger partial charge < -0.3 is 19.5 Å². The van der Waals surface area contributed by atoms with Crippen LogP contribution in [0.1, 0.15) is 46.4 Å². The molecule has 0 saturated carbocycles. The summed E-state index contributed by atoms with van der Waals surface area (Å²) in [5, 5.41) is 11.6. The molecule has 28 heavy (non-hydrogen) atoms. The molecule has 1 aromatic heterocycles. The van der Waals surface area contributed by atoms with Crippen molar-refractivity contribution >= 4 is 35.9 Å². The van der Waals surface area contributed by atoms with Crippen LogP contribution in [0.4, 0.5) is 0 Å². The number of nitrogens with one attached hydrogen (secondary N) is 1. The molecule has 1 unspecified atom stereocenters. The SMILES string of the molecule is CCOC(=O)C1CCCN(C(=NCC(C)C)NCCn2cnnc2CC)C1.I. The third kappa shape index (κ3) is 7.56. The van der Waals surface area contributed by atoms with Crippen LogP contribution in [0.2, 0.25) is 0 Å². The number of ether oxygens (including phenoxy) is 1. The van der Waals surface area contributed by atoms with Gasteiger partial charge in [0.2, 0.25) is 0 Å². The molecule has 1 atom stereocenters. The standard InChI is InChI=1S/C19H34N6O2.HI/c1-5-17-23-22-14-25(17)11-9-20-19(21-12-15(3)4)24-10-7-8-16(13-24)18(26)27-6-2;/h14-16H,5-13H2,1-4H3,(H,20,21);1H. The number of hydrogen-bond donors (Lipinski definition) is 1. The first kappa shape index (κ1) is 24.6. The third-order valence-electron chi connectivity index (χ3n) is 4.59. The van der Waals surface area contributed by atoms with Crippen molar-refractivity contribution < 1.29 is 9.53 Å². The lowest BCUT2D eigenvalue weighted by Crippen LogP contribution is -2.49. The number of piperidine rings is 1. The van der Waals surface area contributed by atoms with Crippen LogP contribution in [0, 0.1) is 11.8 Å². The molecule has 0 spiro atoms. The number of halogens is 1. The highest BCUT2D eigenvalue weighted by molar-refractivity contribution is 14.0. The average Bonchev–Trinajstić information content (AvgIpc) is 3.12. The van der Waals surface area contributed by atoms with Crippen molar-refractivity contribution in [1.29, 1.82) is 0 Å². The van der Waals surface area contributed by atoms with Crippen molar-refractivity contribution in [2.45, 2.75) is 53.5 Å². The number of guanidine groups is 1. The van der Waals surface area contributed by atoms with E-state index in [9.17, 15) is 4.79 Å². The van der Waals surface area contributed by atoms with Crippen molar-refractivity contribution in [3.63, 3.8) is 0 Å². The van der Waals surface area contributed by atoms with E-state index >= 15 is 0 Å². The molecule has 0 aliphatic carbocycles. The highest BCUT2D eigenvalue weighted by Crippen LogP contribution is 2.18. The number of esters is 1. The minimum atomic E-state index is -0.0949. The number of rotatable bonds is 8. The van der Waals surface area contributed by atoms with Gasteiger partial charge in [-0.2, -0.15) is 0 Å². The predicted molar refractivity (Wildman–Crippen MR) is 121 cm³/mol. The number of aromatic nitrogens is 3. The zero-order valence-electron chi connectivity index (χ0n) is 17.6. The van der Waals surface area contributed by atoms with E-state index in [1.165, 1.54) is 0 Å². The average molecular weight is 506 g/mol. The number of carbonyl (C=O) groups is 1. The summed E-state index contributed by atoms with van der Waals surface area (Å²) < 4.78 is 7.28. The van der Waals surface area contributed by atoms with Gasteiger partial charge in [0.05, 0.1) is 12.5 Å². The van der Waals surface area contributed by atoms with Gasteiger partial charge in [-0.05, 0) is 25.7 Å². The highest BCUT2D eigenvalue weighted by atomic mass is 127. The predicted octanol–water partition coefficient (Wildman–Crippen LogP) is 2.34. The van der Waals surface area contributed by atoms with E-state index in [4.69, 9.17) is 9.73 Å². The lowest BCUT2D eigenvalue weighted by molar-refractivity contribution is -0.149. The number of nitrogens with zero attached hydrogens (tertiary/aromatic N) is 5.